The number of methoxy groups -OCH3 is 2. The molecule has 0 aliphatic heterocycles. The van der Waals surface area contributed by atoms with Gasteiger partial charge in [-0.3, -0.25) is 0 Å². The van der Waals surface area contributed by atoms with Crippen LogP contribution in [0.2, 0.25) is 5.02 Å². The molecule has 0 saturated heterocycles. The molecule has 6 nitrogen and oxygen atoms in total. The fourth-order valence-corrected chi connectivity index (χ4v) is 3.21. The Morgan fingerprint density at radius 2 is 1.37 bits per heavy atom. The number of hydrogen-bond acceptors (Lipinski definition) is 4. The van der Waals surface area contributed by atoms with Gasteiger partial charge < -0.3 is 19.7 Å². The second-order valence-corrected chi connectivity index (χ2v) is 7.24. The Bertz CT molecular complexity index is 1070. The molecule has 8 heteroatoms. The lowest BCUT2D eigenvalue weighted by Gasteiger charge is -2.08. The summed E-state index contributed by atoms with van der Waals surface area (Å²) >= 11 is 9.28. The summed E-state index contributed by atoms with van der Waals surface area (Å²) in [4.78, 5) is 21.6. The van der Waals surface area contributed by atoms with Crippen molar-refractivity contribution in [3.63, 3.8) is 0 Å². The maximum atomic E-state index is 11.0. The van der Waals surface area contributed by atoms with Crippen LogP contribution in [0.5, 0.6) is 11.5 Å². The Morgan fingerprint density at radius 1 is 0.833 bits per heavy atom. The summed E-state index contributed by atoms with van der Waals surface area (Å²) in [7, 11) is 2.99. The minimum atomic E-state index is -0.998. The highest BCUT2D eigenvalue weighted by molar-refractivity contribution is 9.10. The molecule has 0 radical (unpaired) electrons. The number of benzene rings is 3. The van der Waals surface area contributed by atoms with Crippen molar-refractivity contribution in [2.75, 3.05) is 14.2 Å². The van der Waals surface area contributed by atoms with Gasteiger partial charge in [-0.1, -0.05) is 45.7 Å². The molecule has 2 N–H and O–H groups in total. The molecule has 30 heavy (non-hydrogen) atoms. The zero-order valence-corrected chi connectivity index (χ0v) is 18.4. The van der Waals surface area contributed by atoms with Gasteiger partial charge in [0.2, 0.25) is 0 Å². The summed E-state index contributed by atoms with van der Waals surface area (Å²) in [5, 5.41) is 18.3. The molecular weight excluding hydrogens is 476 g/mol. The summed E-state index contributed by atoms with van der Waals surface area (Å²) < 4.78 is 10.7. The first-order valence-corrected chi connectivity index (χ1v) is 9.67. The minimum Gasteiger partial charge on any atom is -0.497 e. The third kappa shape index (κ3) is 6.23. The molecule has 0 atom stereocenters. The minimum absolute atomic E-state index is 0.171. The molecule has 0 heterocycles. The van der Waals surface area contributed by atoms with Gasteiger partial charge in [0.1, 0.15) is 11.5 Å². The summed E-state index contributed by atoms with van der Waals surface area (Å²) in [5.41, 5.74) is 1.88. The molecule has 3 aromatic rings. The molecule has 0 aromatic heterocycles. The number of ether oxygens (including phenoxy) is 2. The highest BCUT2D eigenvalue weighted by Gasteiger charge is 2.10. The fourth-order valence-electron chi connectivity index (χ4n) is 2.50. The first-order valence-electron chi connectivity index (χ1n) is 8.50. The van der Waals surface area contributed by atoms with Gasteiger partial charge in [-0.2, -0.15) is 0 Å². The first-order chi connectivity index (χ1) is 14.2. The molecule has 3 rings (SSSR count). The van der Waals surface area contributed by atoms with Crippen LogP contribution in [0.4, 0.5) is 0 Å². The molecule has 3 aromatic carbocycles. The number of carboxylic acids is 2. The quantitative estimate of drug-likeness (QED) is 0.462. The molecule has 0 saturated carbocycles. The van der Waals surface area contributed by atoms with Crippen molar-refractivity contribution in [3.8, 4) is 22.6 Å². The van der Waals surface area contributed by atoms with Crippen LogP contribution in [0, 0.1) is 0 Å². The predicted octanol–water partition coefficient (Wildman–Crippen LogP) is 5.87. The lowest BCUT2D eigenvalue weighted by Crippen LogP contribution is -1.98. The number of rotatable bonds is 5. The fraction of sp³-hybridized carbons (Fsp3) is 0.0909. The highest BCUT2D eigenvalue weighted by atomic mass is 79.9. The molecule has 0 aliphatic rings. The number of carbonyl (C=O) groups is 2. The van der Waals surface area contributed by atoms with Crippen LogP contribution in [-0.2, 0) is 0 Å². The van der Waals surface area contributed by atoms with Crippen molar-refractivity contribution < 1.29 is 29.3 Å². The van der Waals surface area contributed by atoms with Crippen molar-refractivity contribution in [3.05, 3.63) is 81.3 Å². The van der Waals surface area contributed by atoms with Crippen LogP contribution in [0.25, 0.3) is 11.1 Å². The molecular formula is C22H18BrClO6. The SMILES string of the molecule is COc1cc(Br)cc(C(=O)O)c1.COc1cc(C(=O)O)cc(-c2ccccc2Cl)c1. The Morgan fingerprint density at radius 3 is 1.90 bits per heavy atom. The topological polar surface area (TPSA) is 93.1 Å². The molecule has 0 unspecified atom stereocenters. The molecule has 156 valence electrons. The number of halogens is 2. The maximum absolute atomic E-state index is 11.0. The molecule has 0 bridgehead atoms. The lowest BCUT2D eigenvalue weighted by molar-refractivity contribution is 0.0685. The van der Waals surface area contributed by atoms with Crippen LogP contribution < -0.4 is 9.47 Å². The summed E-state index contributed by atoms with van der Waals surface area (Å²) in [6.07, 6.45) is 0. The van der Waals surface area contributed by atoms with Gasteiger partial charge in [-0.05, 0) is 48.0 Å². The van der Waals surface area contributed by atoms with Gasteiger partial charge in [0.25, 0.3) is 0 Å². The Hall–Kier alpha value is -3.03. The van der Waals surface area contributed by atoms with Crippen LogP contribution in [0.15, 0.2) is 65.1 Å². The largest absolute Gasteiger partial charge is 0.497 e. The Labute approximate surface area is 186 Å². The summed E-state index contributed by atoms with van der Waals surface area (Å²) in [5.74, 6) is -0.941. The average Bonchev–Trinajstić information content (AvgIpc) is 2.73. The van der Waals surface area contributed by atoms with E-state index < -0.39 is 11.9 Å². The first kappa shape index (κ1) is 23.3. The van der Waals surface area contributed by atoms with E-state index in [0.29, 0.717) is 21.0 Å². The van der Waals surface area contributed by atoms with Crippen molar-refractivity contribution >= 4 is 39.5 Å². The molecule has 0 spiro atoms. The Kier molecular flexibility index (Phi) is 8.26. The standard InChI is InChI=1S/C14H11ClO3.C8H7BrO3/c1-18-11-7-9(6-10(8-11)14(16)17)12-4-2-3-5-13(12)15;1-12-7-3-5(8(10)11)2-6(9)4-7/h2-8H,1H3,(H,16,17);2-4H,1H3,(H,10,11). The van der Waals surface area contributed by atoms with Crippen LogP contribution in [-0.4, -0.2) is 36.4 Å². The van der Waals surface area contributed by atoms with Crippen LogP contribution >= 0.6 is 27.5 Å². The van der Waals surface area contributed by atoms with E-state index in [-0.39, 0.29) is 11.1 Å². The highest BCUT2D eigenvalue weighted by Crippen LogP contribution is 2.31. The van der Waals surface area contributed by atoms with Gasteiger partial charge >= 0.3 is 11.9 Å². The van der Waals surface area contributed by atoms with Crippen LogP contribution in [0.1, 0.15) is 20.7 Å². The zero-order valence-electron chi connectivity index (χ0n) is 16.1. The second-order valence-electron chi connectivity index (χ2n) is 5.92. The van der Waals surface area contributed by atoms with E-state index in [1.165, 1.54) is 32.4 Å². The van der Waals surface area contributed by atoms with Gasteiger partial charge in [0, 0.05) is 15.1 Å². The van der Waals surface area contributed by atoms with E-state index in [0.717, 1.165) is 11.1 Å². The van der Waals surface area contributed by atoms with E-state index in [4.69, 9.17) is 31.3 Å². The smallest absolute Gasteiger partial charge is 0.335 e. The van der Waals surface area contributed by atoms with Gasteiger partial charge in [-0.15, -0.1) is 0 Å². The number of aromatic carboxylic acids is 2. The Balaban J connectivity index is 0.000000232. The van der Waals surface area contributed by atoms with E-state index >= 15 is 0 Å². The van der Waals surface area contributed by atoms with Gasteiger partial charge in [0.15, 0.2) is 0 Å². The number of carboxylic acid groups (broad SMARTS) is 2. The number of hydrogen-bond donors (Lipinski definition) is 2. The monoisotopic (exact) mass is 492 g/mol. The van der Waals surface area contributed by atoms with Crippen LogP contribution in [0.3, 0.4) is 0 Å². The van der Waals surface area contributed by atoms with Crippen molar-refractivity contribution in [2.24, 2.45) is 0 Å². The van der Waals surface area contributed by atoms with Crippen molar-refractivity contribution in [2.45, 2.75) is 0 Å². The lowest BCUT2D eigenvalue weighted by atomic mass is 10.0. The van der Waals surface area contributed by atoms with E-state index in [2.05, 4.69) is 15.9 Å². The van der Waals surface area contributed by atoms with Gasteiger partial charge in [-0.25, -0.2) is 9.59 Å². The van der Waals surface area contributed by atoms with Gasteiger partial charge in [0.05, 0.1) is 25.3 Å². The molecule has 0 amide bonds. The summed E-state index contributed by atoms with van der Waals surface area (Å²) in [6, 6.07) is 16.8. The predicted molar refractivity (Wildman–Crippen MR) is 118 cm³/mol. The average molecular weight is 494 g/mol. The van der Waals surface area contributed by atoms with E-state index in [1.54, 1.807) is 24.3 Å². The normalized spacial score (nSPS) is 9.87. The van der Waals surface area contributed by atoms with E-state index in [9.17, 15) is 9.59 Å². The third-order valence-electron chi connectivity index (χ3n) is 3.93. The molecule has 0 fully saturated rings. The second kappa shape index (κ2) is 10.7. The molecule has 0 aliphatic carbocycles. The maximum Gasteiger partial charge on any atom is 0.335 e. The summed E-state index contributed by atoms with van der Waals surface area (Å²) in [6.45, 7) is 0. The van der Waals surface area contributed by atoms with E-state index in [1.807, 2.05) is 18.2 Å². The van der Waals surface area contributed by atoms with Crippen molar-refractivity contribution in [1.29, 1.82) is 0 Å². The zero-order chi connectivity index (χ0) is 22.3. The van der Waals surface area contributed by atoms with Crippen molar-refractivity contribution in [1.82, 2.24) is 0 Å². The third-order valence-corrected chi connectivity index (χ3v) is 4.72.